The van der Waals surface area contributed by atoms with Gasteiger partial charge in [0, 0.05) is 11.1 Å². The molecule has 3 aromatic carbocycles. The summed E-state index contributed by atoms with van der Waals surface area (Å²) in [6.45, 7) is 0.929. The Kier molecular flexibility index (Phi) is 4.91. The zero-order valence-electron chi connectivity index (χ0n) is 20.6. The molecule has 5 aromatic rings. The van der Waals surface area contributed by atoms with Crippen LogP contribution in [0.15, 0.2) is 60.7 Å². The van der Waals surface area contributed by atoms with Gasteiger partial charge in [-0.1, -0.05) is 36.4 Å². The molecule has 7 nitrogen and oxygen atoms in total. The summed E-state index contributed by atoms with van der Waals surface area (Å²) in [5.41, 5.74) is 7.53. The Balaban J connectivity index is 1.33. The lowest BCUT2D eigenvalue weighted by Gasteiger charge is -2.21. The van der Waals surface area contributed by atoms with Gasteiger partial charge < -0.3 is 19.6 Å². The predicted octanol–water partition coefficient (Wildman–Crippen LogP) is 6.09. The monoisotopic (exact) mass is 511 g/mol. The number of ether oxygens (including phenoxy) is 1. The van der Waals surface area contributed by atoms with Crippen molar-refractivity contribution in [1.29, 1.82) is 0 Å². The minimum absolute atomic E-state index is 0.0177. The fourth-order valence-electron chi connectivity index (χ4n) is 5.91. The molecule has 0 saturated heterocycles. The van der Waals surface area contributed by atoms with Crippen molar-refractivity contribution in [2.75, 3.05) is 0 Å². The van der Waals surface area contributed by atoms with E-state index in [1.807, 2.05) is 26.0 Å². The molecule has 2 aliphatic heterocycles. The molecule has 190 valence electrons. The number of amides is 1. The summed E-state index contributed by atoms with van der Waals surface area (Å²) in [6, 6.07) is 18.3. The SMILES string of the molecule is Cc1nc(C)c(-c2ccc(-c3ccc4nc5n(c4c3)[C@@H]3C[C@H]5NC(=O)c4cccc(OC(F)F)c43)cc2)[nH]1. The first-order valence-electron chi connectivity index (χ1n) is 12.4. The lowest BCUT2D eigenvalue weighted by atomic mass is 9.97. The number of carbonyl (C=O) groups excluding carboxylic acids is 1. The van der Waals surface area contributed by atoms with Gasteiger partial charge in [-0.15, -0.1) is 0 Å². The number of benzene rings is 3. The second-order valence-electron chi connectivity index (χ2n) is 9.78. The Morgan fingerprint density at radius 1 is 1.00 bits per heavy atom. The van der Waals surface area contributed by atoms with Crippen LogP contribution in [0, 0.1) is 13.8 Å². The lowest BCUT2D eigenvalue weighted by molar-refractivity contribution is -0.0507. The molecule has 7 rings (SSSR count). The summed E-state index contributed by atoms with van der Waals surface area (Å²) in [5.74, 6) is 1.30. The number of aromatic amines is 1. The second-order valence-corrected chi connectivity index (χ2v) is 9.78. The third-order valence-corrected chi connectivity index (χ3v) is 7.47. The highest BCUT2D eigenvalue weighted by Gasteiger charge is 2.42. The zero-order chi connectivity index (χ0) is 26.1. The largest absolute Gasteiger partial charge is 0.434 e. The van der Waals surface area contributed by atoms with E-state index in [0.717, 1.165) is 44.9 Å². The number of aromatic nitrogens is 4. The van der Waals surface area contributed by atoms with Crippen LogP contribution < -0.4 is 10.1 Å². The maximum absolute atomic E-state index is 13.3. The minimum atomic E-state index is -2.99. The smallest absolute Gasteiger partial charge is 0.387 e. The molecule has 4 heterocycles. The van der Waals surface area contributed by atoms with Crippen molar-refractivity contribution in [2.24, 2.45) is 0 Å². The molecule has 38 heavy (non-hydrogen) atoms. The number of H-pyrrole nitrogens is 1. The minimum Gasteiger partial charge on any atom is -0.434 e. The molecular weight excluding hydrogens is 488 g/mol. The number of rotatable bonds is 4. The number of hydrogen-bond acceptors (Lipinski definition) is 4. The zero-order valence-corrected chi connectivity index (χ0v) is 20.6. The van der Waals surface area contributed by atoms with Crippen LogP contribution >= 0.6 is 0 Å². The molecule has 2 N–H and O–H groups in total. The Labute approximate surface area is 216 Å². The van der Waals surface area contributed by atoms with Crippen LogP contribution in [-0.4, -0.2) is 32.0 Å². The fraction of sp³-hybridized carbons (Fsp3) is 0.207. The van der Waals surface area contributed by atoms with Crippen LogP contribution in [0.4, 0.5) is 8.78 Å². The van der Waals surface area contributed by atoms with E-state index in [9.17, 15) is 13.6 Å². The molecule has 0 saturated carbocycles. The van der Waals surface area contributed by atoms with Gasteiger partial charge in [-0.05, 0) is 61.2 Å². The molecule has 2 bridgehead atoms. The third kappa shape index (κ3) is 3.42. The number of hydrogen-bond donors (Lipinski definition) is 2. The van der Waals surface area contributed by atoms with Crippen LogP contribution in [0.3, 0.4) is 0 Å². The maximum atomic E-state index is 13.3. The Bertz CT molecular complexity index is 1740. The summed E-state index contributed by atoms with van der Waals surface area (Å²) >= 11 is 0. The van der Waals surface area contributed by atoms with Gasteiger partial charge in [0.15, 0.2) is 0 Å². The Morgan fingerprint density at radius 2 is 1.76 bits per heavy atom. The summed E-state index contributed by atoms with van der Waals surface area (Å²) < 4.78 is 33.5. The number of alkyl halides is 2. The second kappa shape index (κ2) is 8.24. The van der Waals surface area contributed by atoms with E-state index in [1.165, 1.54) is 6.07 Å². The van der Waals surface area contributed by atoms with Crippen molar-refractivity contribution in [3.05, 3.63) is 89.1 Å². The predicted molar refractivity (Wildman–Crippen MR) is 138 cm³/mol. The van der Waals surface area contributed by atoms with E-state index in [0.29, 0.717) is 23.4 Å². The van der Waals surface area contributed by atoms with Crippen molar-refractivity contribution in [2.45, 2.75) is 39.0 Å². The van der Waals surface area contributed by atoms with Crippen LogP contribution in [0.1, 0.15) is 51.8 Å². The fourth-order valence-corrected chi connectivity index (χ4v) is 5.91. The number of nitrogens with zero attached hydrogens (tertiary/aromatic N) is 3. The lowest BCUT2D eigenvalue weighted by Crippen LogP contribution is -2.28. The molecule has 1 amide bonds. The number of carbonyl (C=O) groups is 1. The molecule has 2 atom stereocenters. The average molecular weight is 512 g/mol. The molecule has 2 aromatic heterocycles. The first-order valence-corrected chi connectivity index (χ1v) is 12.4. The van der Waals surface area contributed by atoms with Gasteiger partial charge >= 0.3 is 6.61 Å². The number of fused-ring (bicyclic) bond motifs is 9. The highest BCUT2D eigenvalue weighted by atomic mass is 19.3. The van der Waals surface area contributed by atoms with Gasteiger partial charge in [-0.3, -0.25) is 4.79 Å². The van der Waals surface area contributed by atoms with E-state index < -0.39 is 6.61 Å². The molecule has 9 heteroatoms. The normalized spacial score (nSPS) is 17.9. The van der Waals surface area contributed by atoms with Crippen molar-refractivity contribution < 1.29 is 18.3 Å². The van der Waals surface area contributed by atoms with E-state index >= 15 is 0 Å². The molecule has 0 fully saturated rings. The summed E-state index contributed by atoms with van der Waals surface area (Å²) in [5, 5.41) is 3.03. The van der Waals surface area contributed by atoms with Crippen molar-refractivity contribution in [1.82, 2.24) is 24.8 Å². The van der Waals surface area contributed by atoms with Crippen molar-refractivity contribution in [3.63, 3.8) is 0 Å². The van der Waals surface area contributed by atoms with Gasteiger partial charge in [0.25, 0.3) is 5.91 Å². The Hall–Kier alpha value is -4.53. The molecular formula is C29H23F2N5O2. The molecule has 2 aliphatic rings. The van der Waals surface area contributed by atoms with Gasteiger partial charge in [0.1, 0.15) is 17.4 Å². The topological polar surface area (TPSA) is 84.8 Å². The first kappa shape index (κ1) is 22.7. The van der Waals surface area contributed by atoms with E-state index in [-0.39, 0.29) is 23.7 Å². The van der Waals surface area contributed by atoms with Crippen molar-refractivity contribution in [3.8, 4) is 28.1 Å². The summed E-state index contributed by atoms with van der Waals surface area (Å²) in [4.78, 5) is 25.6. The average Bonchev–Trinajstić information content (AvgIpc) is 3.51. The highest BCUT2D eigenvalue weighted by Crippen LogP contribution is 2.47. The highest BCUT2D eigenvalue weighted by molar-refractivity contribution is 5.98. The summed E-state index contributed by atoms with van der Waals surface area (Å²) in [6.07, 6.45) is 0.516. The quantitative estimate of drug-likeness (QED) is 0.306. The van der Waals surface area contributed by atoms with Crippen LogP contribution in [0.2, 0.25) is 0 Å². The van der Waals surface area contributed by atoms with Gasteiger partial charge in [-0.2, -0.15) is 8.78 Å². The summed E-state index contributed by atoms with van der Waals surface area (Å²) in [7, 11) is 0. The van der Waals surface area contributed by atoms with Crippen LogP contribution in [0.5, 0.6) is 5.75 Å². The number of aryl methyl sites for hydroxylation is 2. The molecule has 0 unspecified atom stereocenters. The molecule has 0 spiro atoms. The number of nitrogens with one attached hydrogen (secondary N) is 2. The number of imidazole rings is 2. The van der Waals surface area contributed by atoms with Gasteiger partial charge in [0.05, 0.1) is 34.5 Å². The third-order valence-electron chi connectivity index (χ3n) is 7.47. The first-order chi connectivity index (χ1) is 18.4. The van der Waals surface area contributed by atoms with Crippen molar-refractivity contribution >= 4 is 16.9 Å². The molecule has 0 radical (unpaired) electrons. The van der Waals surface area contributed by atoms with Gasteiger partial charge in [-0.25, -0.2) is 9.97 Å². The standard InChI is InChI=1S/C29H23F2N5O2/c1-14-26(33-15(2)32-14)17-8-6-16(7-9-17)18-10-11-20-22(12-18)36-23-13-21(27(36)34-20)35-28(37)19-4-3-5-24(25(19)23)38-29(30)31/h3-12,21,23,29H,13H2,1-2H3,(H,32,33)(H,35,37)/t21-,23-/m1/s1. The van der Waals surface area contributed by atoms with E-state index in [1.54, 1.807) is 12.1 Å². The van der Waals surface area contributed by atoms with Crippen LogP contribution in [-0.2, 0) is 0 Å². The van der Waals surface area contributed by atoms with E-state index in [2.05, 4.69) is 50.2 Å². The molecule has 0 aliphatic carbocycles. The van der Waals surface area contributed by atoms with Gasteiger partial charge in [0.2, 0.25) is 0 Å². The number of halogens is 2. The Morgan fingerprint density at radius 3 is 2.50 bits per heavy atom. The maximum Gasteiger partial charge on any atom is 0.387 e. The van der Waals surface area contributed by atoms with Crippen LogP contribution in [0.25, 0.3) is 33.4 Å². The van der Waals surface area contributed by atoms with E-state index in [4.69, 9.17) is 9.72 Å².